The van der Waals surface area contributed by atoms with Gasteiger partial charge in [0, 0.05) is 16.5 Å². The van der Waals surface area contributed by atoms with E-state index in [1.165, 1.54) is 32.3 Å². The molecular weight excluding hydrogens is 400 g/mol. The smallest absolute Gasteiger partial charge is 0.0991 e. The molecule has 0 radical (unpaired) electrons. The van der Waals surface area contributed by atoms with Crippen molar-refractivity contribution < 1.29 is 0 Å². The standard InChI is InChI=1S/C31H18N2/c32-19-20-13-16-31-29(17-20)27-11-5-6-12-30(27)33(31)21-14-15-26-24-9-2-1-7-22(24)23-8-3-4-10-25(23)28(26)18-21/h1-18H. The Balaban J connectivity index is 1.64. The second-order valence-corrected chi connectivity index (χ2v) is 8.52. The van der Waals surface area contributed by atoms with Gasteiger partial charge in [-0.1, -0.05) is 72.8 Å². The monoisotopic (exact) mass is 418 g/mol. The highest BCUT2D eigenvalue weighted by Crippen LogP contribution is 2.38. The van der Waals surface area contributed by atoms with Gasteiger partial charge in [0.1, 0.15) is 0 Å². The van der Waals surface area contributed by atoms with E-state index in [-0.39, 0.29) is 0 Å². The minimum Gasteiger partial charge on any atom is -0.309 e. The number of benzene rings is 6. The molecule has 0 fully saturated rings. The van der Waals surface area contributed by atoms with E-state index in [1.54, 1.807) is 0 Å². The molecule has 1 aromatic heterocycles. The molecule has 0 aliphatic carbocycles. The van der Waals surface area contributed by atoms with Crippen LogP contribution < -0.4 is 0 Å². The largest absolute Gasteiger partial charge is 0.309 e. The highest BCUT2D eigenvalue weighted by molar-refractivity contribution is 6.25. The number of hydrogen-bond acceptors (Lipinski definition) is 1. The Morgan fingerprint density at radius 1 is 0.455 bits per heavy atom. The molecule has 0 unspecified atom stereocenters. The van der Waals surface area contributed by atoms with Crippen LogP contribution in [0.15, 0.2) is 109 Å². The van der Waals surface area contributed by atoms with E-state index in [4.69, 9.17) is 0 Å². The summed E-state index contributed by atoms with van der Waals surface area (Å²) in [5.41, 5.74) is 4.06. The van der Waals surface area contributed by atoms with Crippen LogP contribution in [0.1, 0.15) is 5.56 Å². The van der Waals surface area contributed by atoms with E-state index in [1.807, 2.05) is 12.1 Å². The molecule has 6 aromatic carbocycles. The topological polar surface area (TPSA) is 28.7 Å². The van der Waals surface area contributed by atoms with Crippen LogP contribution in [-0.4, -0.2) is 4.57 Å². The van der Waals surface area contributed by atoms with Crippen molar-refractivity contribution in [2.45, 2.75) is 0 Å². The molecule has 7 rings (SSSR count). The predicted molar refractivity (Wildman–Crippen MR) is 138 cm³/mol. The maximum absolute atomic E-state index is 9.44. The summed E-state index contributed by atoms with van der Waals surface area (Å²) < 4.78 is 2.31. The highest BCUT2D eigenvalue weighted by Gasteiger charge is 2.14. The molecule has 2 heteroatoms. The summed E-state index contributed by atoms with van der Waals surface area (Å²) >= 11 is 0. The summed E-state index contributed by atoms with van der Waals surface area (Å²) in [4.78, 5) is 0. The van der Waals surface area contributed by atoms with Crippen LogP contribution in [0, 0.1) is 11.3 Å². The van der Waals surface area contributed by atoms with E-state index in [9.17, 15) is 5.26 Å². The summed E-state index contributed by atoms with van der Waals surface area (Å²) in [6.07, 6.45) is 0. The summed E-state index contributed by atoms with van der Waals surface area (Å²) in [5.74, 6) is 0. The van der Waals surface area contributed by atoms with E-state index in [0.29, 0.717) is 5.56 Å². The third kappa shape index (κ3) is 2.48. The van der Waals surface area contributed by atoms with Crippen LogP contribution >= 0.6 is 0 Å². The first-order valence-corrected chi connectivity index (χ1v) is 11.1. The van der Waals surface area contributed by atoms with E-state index < -0.39 is 0 Å². The molecular formula is C31H18N2. The van der Waals surface area contributed by atoms with Gasteiger partial charge in [-0.3, -0.25) is 0 Å². The summed E-state index contributed by atoms with van der Waals surface area (Å²) in [6.45, 7) is 0. The van der Waals surface area contributed by atoms with Gasteiger partial charge in [-0.25, -0.2) is 0 Å². The lowest BCUT2D eigenvalue weighted by molar-refractivity contribution is 1.19. The Hall–Kier alpha value is -4.61. The van der Waals surface area contributed by atoms with E-state index in [0.717, 1.165) is 27.5 Å². The van der Waals surface area contributed by atoms with Crippen LogP contribution in [-0.2, 0) is 0 Å². The van der Waals surface area contributed by atoms with E-state index in [2.05, 4.69) is 108 Å². The van der Waals surface area contributed by atoms with E-state index >= 15 is 0 Å². The van der Waals surface area contributed by atoms with Gasteiger partial charge in [-0.2, -0.15) is 5.26 Å². The zero-order valence-corrected chi connectivity index (χ0v) is 17.8. The summed E-state index contributed by atoms with van der Waals surface area (Å²) in [5, 5.41) is 19.3. The molecule has 0 aliphatic rings. The van der Waals surface area contributed by atoms with Gasteiger partial charge in [0.25, 0.3) is 0 Å². The molecule has 0 aliphatic heterocycles. The fourth-order valence-corrected chi connectivity index (χ4v) is 5.36. The molecule has 7 aromatic rings. The Morgan fingerprint density at radius 3 is 1.67 bits per heavy atom. The molecule has 33 heavy (non-hydrogen) atoms. The van der Waals surface area contributed by atoms with Crippen LogP contribution in [0.25, 0.3) is 59.8 Å². The van der Waals surface area contributed by atoms with Crippen LogP contribution in [0.5, 0.6) is 0 Å². The first kappa shape index (κ1) is 18.0. The number of para-hydroxylation sites is 1. The lowest BCUT2D eigenvalue weighted by Gasteiger charge is -2.13. The quantitative estimate of drug-likeness (QED) is 0.247. The Bertz CT molecular complexity index is 1900. The third-order valence-electron chi connectivity index (χ3n) is 6.79. The molecule has 0 N–H and O–H groups in total. The number of rotatable bonds is 1. The predicted octanol–water partition coefficient (Wildman–Crippen LogP) is 8.11. The average molecular weight is 418 g/mol. The minimum atomic E-state index is 0.682. The van der Waals surface area contributed by atoms with Crippen molar-refractivity contribution in [3.63, 3.8) is 0 Å². The van der Waals surface area contributed by atoms with Crippen LogP contribution in [0.4, 0.5) is 0 Å². The number of nitrogens with zero attached hydrogens (tertiary/aromatic N) is 2. The lowest BCUT2D eigenvalue weighted by atomic mass is 9.94. The lowest BCUT2D eigenvalue weighted by Crippen LogP contribution is -1.94. The van der Waals surface area contributed by atoms with Gasteiger partial charge in [0.15, 0.2) is 0 Å². The van der Waals surface area contributed by atoms with Gasteiger partial charge >= 0.3 is 0 Å². The molecule has 0 saturated heterocycles. The van der Waals surface area contributed by atoms with Crippen molar-refractivity contribution >= 4 is 54.1 Å². The van der Waals surface area contributed by atoms with Gasteiger partial charge in [-0.15, -0.1) is 0 Å². The van der Waals surface area contributed by atoms with Gasteiger partial charge in [0.05, 0.1) is 22.7 Å². The number of nitriles is 1. The van der Waals surface area contributed by atoms with Crippen molar-refractivity contribution in [2.75, 3.05) is 0 Å². The van der Waals surface area contributed by atoms with Gasteiger partial charge in [-0.05, 0) is 68.7 Å². The Kier molecular flexibility index (Phi) is 3.65. The molecule has 1 heterocycles. The summed E-state index contributed by atoms with van der Waals surface area (Å²) in [6, 6.07) is 40.8. The molecule has 0 spiro atoms. The van der Waals surface area contributed by atoms with Crippen molar-refractivity contribution in [1.29, 1.82) is 5.26 Å². The zero-order valence-electron chi connectivity index (χ0n) is 17.8. The molecule has 0 saturated carbocycles. The van der Waals surface area contributed by atoms with Crippen molar-refractivity contribution in [3.8, 4) is 11.8 Å². The maximum atomic E-state index is 9.44. The summed E-state index contributed by atoms with van der Waals surface area (Å²) in [7, 11) is 0. The fraction of sp³-hybridized carbons (Fsp3) is 0. The van der Waals surface area contributed by atoms with Gasteiger partial charge in [0.2, 0.25) is 0 Å². The molecule has 152 valence electrons. The number of fused-ring (bicyclic) bond motifs is 9. The van der Waals surface area contributed by atoms with Crippen molar-refractivity contribution in [2.24, 2.45) is 0 Å². The van der Waals surface area contributed by atoms with Gasteiger partial charge < -0.3 is 4.57 Å². The van der Waals surface area contributed by atoms with Crippen molar-refractivity contribution in [1.82, 2.24) is 4.57 Å². The SMILES string of the molecule is N#Cc1ccc2c(c1)c1ccccc1n2-c1ccc2c3ccccc3c3ccccc3c2c1. The third-order valence-corrected chi connectivity index (χ3v) is 6.79. The second-order valence-electron chi connectivity index (χ2n) is 8.52. The molecule has 0 atom stereocenters. The second kappa shape index (κ2) is 6.69. The fourth-order valence-electron chi connectivity index (χ4n) is 5.36. The molecule has 0 amide bonds. The molecule has 2 nitrogen and oxygen atoms in total. The first-order valence-electron chi connectivity index (χ1n) is 11.1. The van der Waals surface area contributed by atoms with Crippen molar-refractivity contribution in [3.05, 3.63) is 115 Å². The highest BCUT2D eigenvalue weighted by atomic mass is 15.0. The van der Waals surface area contributed by atoms with Crippen LogP contribution in [0.2, 0.25) is 0 Å². The zero-order chi connectivity index (χ0) is 21.9. The van der Waals surface area contributed by atoms with Crippen LogP contribution in [0.3, 0.4) is 0 Å². The Labute approximate surface area is 190 Å². The number of aromatic nitrogens is 1. The molecule has 0 bridgehead atoms. The first-order chi connectivity index (χ1) is 16.3. The number of hydrogen-bond donors (Lipinski definition) is 0. The maximum Gasteiger partial charge on any atom is 0.0991 e. The minimum absolute atomic E-state index is 0.682. The Morgan fingerprint density at radius 2 is 1.00 bits per heavy atom. The average Bonchev–Trinajstić information content (AvgIpc) is 3.22. The normalized spacial score (nSPS) is 11.6.